The second-order valence-electron chi connectivity index (χ2n) is 6.55. The highest BCUT2D eigenvalue weighted by Crippen LogP contribution is 2.38. The second kappa shape index (κ2) is 9.81. The number of nitrogens with zero attached hydrogens (tertiary/aromatic N) is 1. The summed E-state index contributed by atoms with van der Waals surface area (Å²) in [6.07, 6.45) is 1.82. The van der Waals surface area contributed by atoms with Gasteiger partial charge in [0.1, 0.15) is 18.2 Å². The number of carbonyl (C=O) groups excluding carboxylic acids is 1. The maximum Gasteiger partial charge on any atom is 0.270 e. The largest absolute Gasteiger partial charge is 0.486 e. The summed E-state index contributed by atoms with van der Waals surface area (Å²) >= 11 is 12.4. The van der Waals surface area contributed by atoms with Crippen molar-refractivity contribution in [1.29, 1.82) is 0 Å². The van der Waals surface area contributed by atoms with Gasteiger partial charge in [-0.2, -0.15) is 0 Å². The molecule has 0 aliphatic carbocycles. The van der Waals surface area contributed by atoms with E-state index in [4.69, 9.17) is 17.0 Å². The van der Waals surface area contributed by atoms with Gasteiger partial charge in [0.2, 0.25) is 0 Å². The molecule has 1 aliphatic rings. The molecule has 0 N–H and O–H groups in total. The third kappa shape index (κ3) is 5.02. The summed E-state index contributed by atoms with van der Waals surface area (Å²) < 4.78 is 21.8. The lowest BCUT2D eigenvalue weighted by atomic mass is 10.2. The second-order valence-corrected chi connectivity index (χ2v) is 10.2. The number of amides is 1. The van der Waals surface area contributed by atoms with Gasteiger partial charge >= 0.3 is 0 Å². The van der Waals surface area contributed by atoms with Crippen molar-refractivity contribution in [2.24, 2.45) is 0 Å². The Kier molecular flexibility index (Phi) is 7.10. The van der Waals surface area contributed by atoms with Gasteiger partial charge in [0.15, 0.2) is 4.32 Å². The molecule has 31 heavy (non-hydrogen) atoms. The summed E-state index contributed by atoms with van der Waals surface area (Å²) in [5.41, 5.74) is 2.07. The number of rotatable bonds is 5. The number of carbonyl (C=O) groups is 1. The summed E-state index contributed by atoms with van der Waals surface area (Å²) in [5.74, 6) is 0.177. The number of halogens is 3. The number of benzene rings is 3. The summed E-state index contributed by atoms with van der Waals surface area (Å²) in [7, 11) is 0. The van der Waals surface area contributed by atoms with E-state index in [1.807, 2.05) is 48.5 Å². The molecule has 4 rings (SSSR count). The van der Waals surface area contributed by atoms with E-state index < -0.39 is 0 Å². The summed E-state index contributed by atoms with van der Waals surface area (Å²) in [5, 5.41) is 0. The van der Waals surface area contributed by atoms with Crippen molar-refractivity contribution in [3.63, 3.8) is 0 Å². The van der Waals surface area contributed by atoms with Crippen LogP contribution >= 0.6 is 62.5 Å². The highest BCUT2D eigenvalue weighted by Gasteiger charge is 2.33. The molecule has 3 aromatic carbocycles. The Morgan fingerprint density at radius 1 is 1.13 bits per heavy atom. The molecule has 0 atom stereocenters. The van der Waals surface area contributed by atoms with Crippen LogP contribution in [0.2, 0.25) is 0 Å². The third-order valence-corrected chi connectivity index (χ3v) is 7.15. The number of hydrogen-bond donors (Lipinski definition) is 0. The lowest BCUT2D eigenvalue weighted by Gasteiger charge is -2.14. The molecule has 0 saturated carbocycles. The molecule has 1 heterocycles. The molecular weight excluding hydrogens is 612 g/mol. The van der Waals surface area contributed by atoms with Gasteiger partial charge in [0, 0.05) is 5.56 Å². The first-order chi connectivity index (χ1) is 14.9. The minimum Gasteiger partial charge on any atom is -0.486 e. The van der Waals surface area contributed by atoms with E-state index in [2.05, 4.69) is 38.5 Å². The molecule has 1 saturated heterocycles. The van der Waals surface area contributed by atoms with Gasteiger partial charge in [0.05, 0.1) is 18.6 Å². The van der Waals surface area contributed by atoms with Gasteiger partial charge in [-0.25, -0.2) is 4.39 Å². The van der Waals surface area contributed by atoms with E-state index in [-0.39, 0.29) is 18.3 Å². The Balaban J connectivity index is 1.56. The molecular formula is C23H14BrFINO2S2. The van der Waals surface area contributed by atoms with Crippen LogP contribution in [0.25, 0.3) is 6.08 Å². The first kappa shape index (κ1) is 22.4. The maximum atomic E-state index is 13.9. The fraction of sp³-hybridized carbons (Fsp3) is 0.0435. The molecule has 3 nitrogen and oxygen atoms in total. The lowest BCUT2D eigenvalue weighted by molar-refractivity contribution is -0.113. The molecule has 0 aromatic heterocycles. The van der Waals surface area contributed by atoms with Crippen molar-refractivity contribution in [3.05, 3.63) is 96.6 Å². The van der Waals surface area contributed by atoms with Gasteiger partial charge in [-0.1, -0.05) is 60.4 Å². The average Bonchev–Trinajstić information content (AvgIpc) is 3.02. The molecule has 156 valence electrons. The van der Waals surface area contributed by atoms with Crippen LogP contribution in [0, 0.1) is 9.39 Å². The van der Waals surface area contributed by atoms with Crippen molar-refractivity contribution in [3.8, 4) is 5.75 Å². The first-order valence-corrected chi connectivity index (χ1v) is 12.2. The average molecular weight is 626 g/mol. The predicted molar refractivity (Wildman–Crippen MR) is 140 cm³/mol. The number of anilines is 1. The van der Waals surface area contributed by atoms with E-state index in [9.17, 15) is 9.18 Å². The zero-order valence-electron chi connectivity index (χ0n) is 15.8. The third-order valence-electron chi connectivity index (χ3n) is 4.46. The normalized spacial score (nSPS) is 15.1. The highest BCUT2D eigenvalue weighted by molar-refractivity contribution is 14.1. The van der Waals surface area contributed by atoms with Crippen molar-refractivity contribution in [1.82, 2.24) is 0 Å². The molecule has 1 fully saturated rings. The number of para-hydroxylation sites is 1. The molecule has 0 unspecified atom stereocenters. The zero-order valence-corrected chi connectivity index (χ0v) is 21.2. The van der Waals surface area contributed by atoms with Gasteiger partial charge < -0.3 is 4.74 Å². The van der Waals surface area contributed by atoms with Crippen LogP contribution in [0.15, 0.2) is 76.1 Å². The van der Waals surface area contributed by atoms with Crippen LogP contribution in [-0.2, 0) is 11.4 Å². The van der Waals surface area contributed by atoms with Crippen LogP contribution in [0.4, 0.5) is 10.1 Å². The van der Waals surface area contributed by atoms with E-state index in [0.29, 0.717) is 20.5 Å². The van der Waals surface area contributed by atoms with Crippen LogP contribution < -0.4 is 9.64 Å². The van der Waals surface area contributed by atoms with Gasteiger partial charge in [-0.05, 0) is 80.5 Å². The van der Waals surface area contributed by atoms with Crippen molar-refractivity contribution >= 4 is 84.5 Å². The molecule has 1 aliphatic heterocycles. The number of thiocarbonyl (C=S) groups is 1. The van der Waals surface area contributed by atoms with E-state index in [1.165, 1.54) is 22.7 Å². The molecule has 0 bridgehead atoms. The summed E-state index contributed by atoms with van der Waals surface area (Å²) in [6, 6.07) is 19.7. The molecule has 3 aromatic rings. The zero-order chi connectivity index (χ0) is 22.0. The standard InChI is InChI=1S/C23H14BrFINO2S2/c24-17-10-14(11-19(26)21(17)29-13-15-6-4-5-9-18(15)25)12-20-22(28)27(23(30)31-20)16-7-2-1-3-8-16/h1-12H,13H2/b20-12+. The van der Waals surface area contributed by atoms with Crippen molar-refractivity contribution in [2.45, 2.75) is 6.61 Å². The van der Waals surface area contributed by atoms with E-state index >= 15 is 0 Å². The number of ether oxygens (including phenoxy) is 1. The fourth-order valence-electron chi connectivity index (χ4n) is 2.98. The Morgan fingerprint density at radius 2 is 1.84 bits per heavy atom. The molecule has 1 amide bonds. The van der Waals surface area contributed by atoms with Crippen LogP contribution in [0.1, 0.15) is 11.1 Å². The molecule has 0 spiro atoms. The van der Waals surface area contributed by atoms with Gasteiger partial charge in [-0.3, -0.25) is 9.69 Å². The monoisotopic (exact) mass is 625 g/mol. The molecule has 8 heteroatoms. The summed E-state index contributed by atoms with van der Waals surface area (Å²) in [6.45, 7) is 0.121. The van der Waals surface area contributed by atoms with E-state index in [0.717, 1.165) is 19.3 Å². The van der Waals surface area contributed by atoms with Gasteiger partial charge in [-0.15, -0.1) is 0 Å². The smallest absolute Gasteiger partial charge is 0.270 e. The van der Waals surface area contributed by atoms with Crippen LogP contribution in [0.3, 0.4) is 0 Å². The Labute approximate surface area is 210 Å². The Bertz CT molecular complexity index is 1180. The topological polar surface area (TPSA) is 29.5 Å². The van der Waals surface area contributed by atoms with Gasteiger partial charge in [0.25, 0.3) is 5.91 Å². The SMILES string of the molecule is O=C1/C(=C\c2cc(Br)c(OCc3ccccc3F)c(I)c2)SC(=S)N1c1ccccc1. The van der Waals surface area contributed by atoms with Crippen molar-refractivity contribution in [2.75, 3.05) is 4.90 Å². The van der Waals surface area contributed by atoms with Crippen LogP contribution in [-0.4, -0.2) is 10.2 Å². The lowest BCUT2D eigenvalue weighted by Crippen LogP contribution is -2.27. The Morgan fingerprint density at radius 3 is 2.55 bits per heavy atom. The fourth-order valence-corrected chi connectivity index (χ4v) is 6.05. The molecule has 0 radical (unpaired) electrons. The maximum absolute atomic E-state index is 13.9. The predicted octanol–water partition coefficient (Wildman–Crippen LogP) is 7.18. The first-order valence-electron chi connectivity index (χ1n) is 9.12. The van der Waals surface area contributed by atoms with E-state index in [1.54, 1.807) is 18.2 Å². The van der Waals surface area contributed by atoms with Crippen molar-refractivity contribution < 1.29 is 13.9 Å². The number of thioether (sulfide) groups is 1. The number of hydrogen-bond acceptors (Lipinski definition) is 4. The van der Waals surface area contributed by atoms with Crippen LogP contribution in [0.5, 0.6) is 5.75 Å². The minimum atomic E-state index is -0.300. The highest BCUT2D eigenvalue weighted by atomic mass is 127. The Hall–Kier alpha value is -1.75. The minimum absolute atomic E-state index is 0.121. The quantitative estimate of drug-likeness (QED) is 0.171. The summed E-state index contributed by atoms with van der Waals surface area (Å²) in [4.78, 5) is 15.0.